The SMILES string of the molecule is COc1ccc(-c2cc(N3C[C@H]4[C@H](N(C)C)CS(=O)(=O)[C@H]4C3)c3nncn3n2)cc1. The summed E-state index contributed by atoms with van der Waals surface area (Å²) in [5.74, 6) is 1.08. The van der Waals surface area contributed by atoms with Crippen LogP contribution < -0.4 is 9.64 Å². The minimum Gasteiger partial charge on any atom is -0.497 e. The second kappa shape index (κ2) is 6.92. The molecule has 10 heteroatoms. The van der Waals surface area contributed by atoms with E-state index in [0.29, 0.717) is 18.7 Å². The van der Waals surface area contributed by atoms with Gasteiger partial charge in [-0.05, 0) is 44.4 Å². The van der Waals surface area contributed by atoms with Crippen LogP contribution in [0.1, 0.15) is 0 Å². The van der Waals surface area contributed by atoms with Crippen molar-refractivity contribution >= 4 is 21.2 Å². The first kappa shape index (κ1) is 19.3. The maximum absolute atomic E-state index is 12.8. The number of hydrogen-bond donors (Lipinski definition) is 0. The Morgan fingerprint density at radius 2 is 1.93 bits per heavy atom. The van der Waals surface area contributed by atoms with Crippen molar-refractivity contribution in [3.05, 3.63) is 36.7 Å². The summed E-state index contributed by atoms with van der Waals surface area (Å²) in [6.45, 7) is 1.13. The molecule has 1 aromatic carbocycles. The predicted octanol–water partition coefficient (Wildman–Crippen LogP) is 0.963. The Labute approximate surface area is 175 Å². The van der Waals surface area contributed by atoms with Crippen molar-refractivity contribution in [1.82, 2.24) is 24.7 Å². The third kappa shape index (κ3) is 3.02. The number of fused-ring (bicyclic) bond motifs is 2. The second-order valence-corrected chi connectivity index (χ2v) is 10.5. The van der Waals surface area contributed by atoms with E-state index in [-0.39, 0.29) is 23.0 Å². The number of sulfone groups is 1. The monoisotopic (exact) mass is 428 g/mol. The van der Waals surface area contributed by atoms with E-state index < -0.39 is 9.84 Å². The van der Waals surface area contributed by atoms with Gasteiger partial charge in [0.25, 0.3) is 0 Å². The molecule has 2 aliphatic rings. The van der Waals surface area contributed by atoms with Crippen LogP contribution in [0.25, 0.3) is 16.9 Å². The molecule has 9 nitrogen and oxygen atoms in total. The lowest BCUT2D eigenvalue weighted by atomic mass is 10.00. The van der Waals surface area contributed by atoms with E-state index in [1.807, 2.05) is 49.3 Å². The number of ether oxygens (including phenoxy) is 1. The molecule has 0 unspecified atom stereocenters. The molecule has 0 bridgehead atoms. The smallest absolute Gasteiger partial charge is 0.200 e. The molecule has 158 valence electrons. The molecule has 3 atom stereocenters. The highest BCUT2D eigenvalue weighted by atomic mass is 32.2. The first-order chi connectivity index (χ1) is 14.4. The fraction of sp³-hybridized carbons (Fsp3) is 0.450. The first-order valence-corrected chi connectivity index (χ1v) is 11.6. The normalized spacial score (nSPS) is 25.2. The van der Waals surface area contributed by atoms with Gasteiger partial charge in [0.15, 0.2) is 9.84 Å². The minimum absolute atomic E-state index is 0.0294. The molecular weight excluding hydrogens is 404 g/mol. The molecule has 0 aliphatic carbocycles. The van der Waals surface area contributed by atoms with Crippen molar-refractivity contribution in [2.24, 2.45) is 5.92 Å². The highest BCUT2D eigenvalue weighted by Crippen LogP contribution is 2.39. The van der Waals surface area contributed by atoms with Crippen LogP contribution >= 0.6 is 0 Å². The summed E-state index contributed by atoms with van der Waals surface area (Å²) in [6.07, 6.45) is 1.57. The van der Waals surface area contributed by atoms with E-state index in [1.165, 1.54) is 0 Å². The van der Waals surface area contributed by atoms with Crippen LogP contribution in [0.15, 0.2) is 36.7 Å². The van der Waals surface area contributed by atoms with Gasteiger partial charge in [0.2, 0.25) is 5.65 Å². The van der Waals surface area contributed by atoms with Crippen LogP contribution in [0.3, 0.4) is 0 Å². The van der Waals surface area contributed by atoms with Crippen LogP contribution in [-0.2, 0) is 9.84 Å². The summed E-state index contributed by atoms with van der Waals surface area (Å²) >= 11 is 0. The highest BCUT2D eigenvalue weighted by Gasteiger charge is 2.53. The summed E-state index contributed by atoms with van der Waals surface area (Å²) in [5.41, 5.74) is 3.19. The van der Waals surface area contributed by atoms with Crippen LogP contribution in [0.5, 0.6) is 5.75 Å². The van der Waals surface area contributed by atoms with E-state index >= 15 is 0 Å². The van der Waals surface area contributed by atoms with Gasteiger partial charge in [-0.3, -0.25) is 0 Å². The van der Waals surface area contributed by atoms with Gasteiger partial charge < -0.3 is 14.5 Å². The lowest BCUT2D eigenvalue weighted by Crippen LogP contribution is -2.37. The van der Waals surface area contributed by atoms with Gasteiger partial charge in [0.1, 0.15) is 12.1 Å². The average molecular weight is 429 g/mol. The molecule has 0 amide bonds. The van der Waals surface area contributed by atoms with Gasteiger partial charge in [0.05, 0.1) is 29.5 Å². The molecule has 3 aromatic rings. The fourth-order valence-corrected chi connectivity index (χ4v) is 7.18. The Hall–Kier alpha value is -2.72. The zero-order chi connectivity index (χ0) is 21.0. The number of hydrogen-bond acceptors (Lipinski definition) is 8. The summed E-state index contributed by atoms with van der Waals surface area (Å²) < 4.78 is 32.5. The summed E-state index contributed by atoms with van der Waals surface area (Å²) in [4.78, 5) is 4.16. The third-order valence-corrected chi connectivity index (χ3v) is 8.53. The van der Waals surface area contributed by atoms with Crippen molar-refractivity contribution in [2.45, 2.75) is 11.3 Å². The Morgan fingerprint density at radius 1 is 1.17 bits per heavy atom. The van der Waals surface area contributed by atoms with Gasteiger partial charge in [-0.15, -0.1) is 10.2 Å². The van der Waals surface area contributed by atoms with Gasteiger partial charge in [0, 0.05) is 30.6 Å². The van der Waals surface area contributed by atoms with Crippen molar-refractivity contribution in [3.8, 4) is 17.0 Å². The molecule has 2 fully saturated rings. The number of rotatable bonds is 4. The van der Waals surface area contributed by atoms with Crippen molar-refractivity contribution in [2.75, 3.05) is 44.9 Å². The summed E-state index contributed by atoms with van der Waals surface area (Å²) in [6, 6.07) is 9.69. The fourth-order valence-electron chi connectivity index (χ4n) is 4.71. The van der Waals surface area contributed by atoms with Gasteiger partial charge in [-0.2, -0.15) is 9.61 Å². The van der Waals surface area contributed by atoms with Crippen LogP contribution in [-0.4, -0.2) is 84.5 Å². The van der Waals surface area contributed by atoms with E-state index in [4.69, 9.17) is 4.74 Å². The van der Waals surface area contributed by atoms with E-state index in [9.17, 15) is 8.42 Å². The summed E-state index contributed by atoms with van der Waals surface area (Å²) in [7, 11) is 2.42. The number of methoxy groups -OCH3 is 1. The number of benzene rings is 1. The number of nitrogens with zero attached hydrogens (tertiary/aromatic N) is 6. The average Bonchev–Trinajstić information content (AvgIpc) is 3.43. The molecule has 4 heterocycles. The second-order valence-electron chi connectivity index (χ2n) is 8.21. The summed E-state index contributed by atoms with van der Waals surface area (Å²) in [5, 5.41) is 12.5. The molecule has 2 aliphatic heterocycles. The Kier molecular flexibility index (Phi) is 4.44. The third-order valence-electron chi connectivity index (χ3n) is 6.31. The molecule has 2 saturated heterocycles. The molecule has 0 spiro atoms. The quantitative estimate of drug-likeness (QED) is 0.607. The van der Waals surface area contributed by atoms with Crippen LogP contribution in [0.4, 0.5) is 5.69 Å². The van der Waals surface area contributed by atoms with Crippen LogP contribution in [0, 0.1) is 5.92 Å². The van der Waals surface area contributed by atoms with Crippen molar-refractivity contribution < 1.29 is 13.2 Å². The molecule has 0 radical (unpaired) electrons. The molecule has 30 heavy (non-hydrogen) atoms. The zero-order valence-corrected chi connectivity index (χ0v) is 18.0. The van der Waals surface area contributed by atoms with Crippen molar-refractivity contribution in [1.29, 1.82) is 0 Å². The van der Waals surface area contributed by atoms with Gasteiger partial charge >= 0.3 is 0 Å². The largest absolute Gasteiger partial charge is 0.497 e. The van der Waals surface area contributed by atoms with E-state index in [2.05, 4.69) is 20.2 Å². The van der Waals surface area contributed by atoms with E-state index in [1.54, 1.807) is 18.0 Å². The van der Waals surface area contributed by atoms with E-state index in [0.717, 1.165) is 22.7 Å². The van der Waals surface area contributed by atoms with Gasteiger partial charge in [-0.25, -0.2) is 8.42 Å². The van der Waals surface area contributed by atoms with Crippen LogP contribution in [0.2, 0.25) is 0 Å². The topological polar surface area (TPSA) is 92.9 Å². The first-order valence-electron chi connectivity index (χ1n) is 9.86. The zero-order valence-electron chi connectivity index (χ0n) is 17.1. The maximum atomic E-state index is 12.8. The van der Waals surface area contributed by atoms with Gasteiger partial charge in [-0.1, -0.05) is 0 Å². The van der Waals surface area contributed by atoms with Crippen molar-refractivity contribution in [3.63, 3.8) is 0 Å². The molecule has 5 rings (SSSR count). The predicted molar refractivity (Wildman–Crippen MR) is 114 cm³/mol. The Bertz CT molecular complexity index is 1190. The molecule has 0 N–H and O–H groups in total. The number of anilines is 1. The molecule has 2 aromatic heterocycles. The molecule has 0 saturated carbocycles. The minimum atomic E-state index is -3.12. The Balaban J connectivity index is 1.55. The Morgan fingerprint density at radius 3 is 2.63 bits per heavy atom. The molecular formula is C20H24N6O3S. The lowest BCUT2D eigenvalue weighted by molar-refractivity contribution is 0.258. The number of aromatic nitrogens is 4. The highest BCUT2D eigenvalue weighted by molar-refractivity contribution is 7.92. The lowest BCUT2D eigenvalue weighted by Gasteiger charge is -2.26. The standard InChI is InChI=1S/C20H24N6O3S/c1-24(2)18-11-30(27,28)19-10-25(9-15(18)19)17-8-16(23-26-12-21-22-20(17)26)13-4-6-14(29-3)7-5-13/h4-8,12,15,18-19H,9-11H2,1-3H3/t15-,18+,19-/m0/s1. The maximum Gasteiger partial charge on any atom is 0.200 e.